The monoisotopic (exact) mass is 152 g/mol. The molecule has 0 radical (unpaired) electrons. The van der Waals surface area contributed by atoms with Gasteiger partial charge in [0, 0.05) is 24.4 Å². The highest BCUT2D eigenvalue weighted by Gasteiger charge is 2.21. The quantitative estimate of drug-likeness (QED) is 0.489. The van der Waals surface area contributed by atoms with Gasteiger partial charge in [0.1, 0.15) is 6.17 Å². The lowest BCUT2D eigenvalue weighted by Crippen LogP contribution is -2.22. The normalized spacial score (nSPS) is 32.9. The average molecular weight is 152 g/mol. The van der Waals surface area contributed by atoms with Crippen molar-refractivity contribution in [3.63, 3.8) is 0 Å². The van der Waals surface area contributed by atoms with Crippen LogP contribution in [0.5, 0.6) is 0 Å². The van der Waals surface area contributed by atoms with Gasteiger partial charge in [-0.25, -0.2) is 8.70 Å². The number of nitrogens with zero attached hydrogens (tertiary/aromatic N) is 1. The first-order valence-corrected chi connectivity index (χ1v) is 3.71. The van der Waals surface area contributed by atoms with Crippen molar-refractivity contribution in [1.29, 1.82) is 0 Å². The average Bonchev–Trinajstić information content (AvgIpc) is 2.14. The highest BCUT2D eigenvalue weighted by molar-refractivity contribution is 7.76. The van der Waals surface area contributed by atoms with E-state index in [1.54, 1.807) is 0 Å². The van der Waals surface area contributed by atoms with Gasteiger partial charge >= 0.3 is 0 Å². The fourth-order valence-corrected chi connectivity index (χ4v) is 1.36. The van der Waals surface area contributed by atoms with Crippen LogP contribution >= 0.6 is 0 Å². The lowest BCUT2D eigenvalue weighted by atomic mass is 10.4. The van der Waals surface area contributed by atoms with Gasteiger partial charge in [-0.3, -0.25) is 4.21 Å². The van der Waals surface area contributed by atoms with E-state index in [1.807, 2.05) is 0 Å². The van der Waals surface area contributed by atoms with E-state index in [2.05, 4.69) is 0 Å². The zero-order valence-electron chi connectivity index (χ0n) is 4.75. The summed E-state index contributed by atoms with van der Waals surface area (Å²) >= 11 is -2.22. The van der Waals surface area contributed by atoms with Crippen molar-refractivity contribution in [2.45, 2.75) is 12.6 Å². The standard InChI is InChI=1S/C4H8FNO2S/c5-4-1-2-6(3-4)9(7)8/h4H,1-3H2,(H,7,8)/p-1. The van der Waals surface area contributed by atoms with Crippen molar-refractivity contribution >= 4 is 11.3 Å². The first-order valence-electron chi connectivity index (χ1n) is 2.68. The second kappa shape index (κ2) is 2.72. The minimum atomic E-state index is -2.22. The summed E-state index contributed by atoms with van der Waals surface area (Å²) in [6.45, 7) is 0.368. The molecule has 0 aliphatic carbocycles. The van der Waals surface area contributed by atoms with Gasteiger partial charge in [-0.15, -0.1) is 0 Å². The highest BCUT2D eigenvalue weighted by atomic mass is 32.2. The molecule has 0 bridgehead atoms. The summed E-state index contributed by atoms with van der Waals surface area (Å²) in [5.74, 6) is 0. The number of halogens is 1. The van der Waals surface area contributed by atoms with Crippen LogP contribution in [0.4, 0.5) is 4.39 Å². The van der Waals surface area contributed by atoms with Gasteiger partial charge in [0.2, 0.25) is 0 Å². The van der Waals surface area contributed by atoms with Crippen LogP contribution in [0.3, 0.4) is 0 Å². The molecule has 3 nitrogen and oxygen atoms in total. The second-order valence-electron chi connectivity index (χ2n) is 1.99. The molecule has 1 heterocycles. The molecule has 0 N–H and O–H groups in total. The maximum atomic E-state index is 12.2. The Balaban J connectivity index is 2.39. The zero-order chi connectivity index (χ0) is 6.85. The molecule has 54 valence electrons. The Labute approximate surface area is 55.3 Å². The van der Waals surface area contributed by atoms with Crippen molar-refractivity contribution < 1.29 is 13.2 Å². The van der Waals surface area contributed by atoms with E-state index >= 15 is 0 Å². The van der Waals surface area contributed by atoms with Gasteiger partial charge in [-0.2, -0.15) is 0 Å². The predicted octanol–water partition coefficient (Wildman–Crippen LogP) is -0.176. The van der Waals surface area contributed by atoms with Crippen LogP contribution in [0.25, 0.3) is 0 Å². The molecular weight excluding hydrogens is 145 g/mol. The molecule has 2 unspecified atom stereocenters. The smallest absolute Gasteiger partial charge is 0.115 e. The summed E-state index contributed by atoms with van der Waals surface area (Å²) in [6.07, 6.45) is -0.614. The van der Waals surface area contributed by atoms with Crippen molar-refractivity contribution in [2.24, 2.45) is 0 Å². The molecule has 0 spiro atoms. The van der Waals surface area contributed by atoms with Gasteiger partial charge in [0.05, 0.1) is 0 Å². The number of hydrogen-bond acceptors (Lipinski definition) is 2. The molecule has 1 saturated heterocycles. The van der Waals surface area contributed by atoms with Crippen molar-refractivity contribution in [1.82, 2.24) is 4.31 Å². The first-order chi connectivity index (χ1) is 4.20. The summed E-state index contributed by atoms with van der Waals surface area (Å²) in [4.78, 5) is 0. The lowest BCUT2D eigenvalue weighted by molar-refractivity contribution is 0.339. The van der Waals surface area contributed by atoms with E-state index in [1.165, 1.54) is 0 Å². The van der Waals surface area contributed by atoms with Crippen LogP contribution in [-0.4, -0.2) is 32.3 Å². The Kier molecular flexibility index (Phi) is 2.15. The minimum absolute atomic E-state index is 0.0378. The summed E-state index contributed by atoms with van der Waals surface area (Å²) < 4.78 is 33.5. The van der Waals surface area contributed by atoms with E-state index < -0.39 is 17.4 Å². The molecular formula is C4H7FNO2S-. The largest absolute Gasteiger partial charge is 0.760 e. The van der Waals surface area contributed by atoms with E-state index in [-0.39, 0.29) is 6.54 Å². The molecule has 2 atom stereocenters. The van der Waals surface area contributed by atoms with Crippen LogP contribution in [0.1, 0.15) is 6.42 Å². The van der Waals surface area contributed by atoms with E-state index in [0.29, 0.717) is 13.0 Å². The minimum Gasteiger partial charge on any atom is -0.760 e. The van der Waals surface area contributed by atoms with Crippen molar-refractivity contribution in [3.05, 3.63) is 0 Å². The number of rotatable bonds is 1. The summed E-state index contributed by atoms with van der Waals surface area (Å²) in [7, 11) is 0. The van der Waals surface area contributed by atoms with Gasteiger partial charge < -0.3 is 4.55 Å². The Morgan fingerprint density at radius 2 is 2.44 bits per heavy atom. The van der Waals surface area contributed by atoms with Crippen LogP contribution in [-0.2, 0) is 11.3 Å². The fraction of sp³-hybridized carbons (Fsp3) is 1.00. The first kappa shape index (κ1) is 7.11. The Hall–Kier alpha value is -0.0000000000000000555. The Morgan fingerprint density at radius 3 is 2.67 bits per heavy atom. The van der Waals surface area contributed by atoms with Crippen LogP contribution in [0.2, 0.25) is 0 Å². The number of hydrogen-bond donors (Lipinski definition) is 0. The molecule has 5 heteroatoms. The molecule has 1 fully saturated rings. The second-order valence-corrected chi connectivity index (χ2v) is 2.94. The zero-order valence-corrected chi connectivity index (χ0v) is 5.57. The van der Waals surface area contributed by atoms with Gasteiger partial charge in [0.15, 0.2) is 0 Å². The van der Waals surface area contributed by atoms with Crippen molar-refractivity contribution in [3.8, 4) is 0 Å². The Morgan fingerprint density at radius 1 is 1.78 bits per heavy atom. The van der Waals surface area contributed by atoms with Crippen molar-refractivity contribution in [2.75, 3.05) is 13.1 Å². The maximum Gasteiger partial charge on any atom is 0.115 e. The molecule has 1 aliphatic heterocycles. The molecule has 1 rings (SSSR count). The molecule has 0 amide bonds. The third kappa shape index (κ3) is 1.70. The predicted molar refractivity (Wildman–Crippen MR) is 30.0 cm³/mol. The van der Waals surface area contributed by atoms with Crippen LogP contribution in [0, 0.1) is 0 Å². The van der Waals surface area contributed by atoms with Gasteiger partial charge in [0.25, 0.3) is 0 Å². The Bertz CT molecular complexity index is 132. The molecule has 0 saturated carbocycles. The van der Waals surface area contributed by atoms with E-state index in [0.717, 1.165) is 4.31 Å². The van der Waals surface area contributed by atoms with E-state index in [4.69, 9.17) is 0 Å². The third-order valence-corrected chi connectivity index (χ3v) is 2.06. The van der Waals surface area contributed by atoms with Gasteiger partial charge in [-0.05, 0) is 6.42 Å². The highest BCUT2D eigenvalue weighted by Crippen LogP contribution is 2.12. The van der Waals surface area contributed by atoms with Crippen LogP contribution in [0.15, 0.2) is 0 Å². The SMILES string of the molecule is O=S([O-])N1CCC(F)C1. The lowest BCUT2D eigenvalue weighted by Gasteiger charge is -2.16. The fourth-order valence-electron chi connectivity index (χ4n) is 0.823. The molecule has 1 aliphatic rings. The molecule has 9 heavy (non-hydrogen) atoms. The summed E-state index contributed by atoms with van der Waals surface area (Å²) in [5.41, 5.74) is 0. The molecule has 0 aromatic heterocycles. The van der Waals surface area contributed by atoms with Crippen LogP contribution < -0.4 is 0 Å². The number of alkyl halides is 1. The molecule has 0 aromatic rings. The summed E-state index contributed by atoms with van der Waals surface area (Å²) in [6, 6.07) is 0. The molecule has 0 aromatic carbocycles. The third-order valence-electron chi connectivity index (χ3n) is 1.30. The van der Waals surface area contributed by atoms with E-state index in [9.17, 15) is 13.2 Å². The summed E-state index contributed by atoms with van der Waals surface area (Å²) in [5, 5.41) is 0. The van der Waals surface area contributed by atoms with Gasteiger partial charge in [-0.1, -0.05) is 0 Å². The maximum absolute atomic E-state index is 12.2. The topological polar surface area (TPSA) is 43.4 Å².